The molecule has 72 valence electrons. The van der Waals surface area contributed by atoms with Crippen molar-refractivity contribution in [1.29, 1.82) is 0 Å². The number of rotatable bonds is 3. The van der Waals surface area contributed by atoms with Crippen LogP contribution in [0.5, 0.6) is 0 Å². The van der Waals surface area contributed by atoms with Gasteiger partial charge in [0.05, 0.1) is 5.75 Å². The minimum atomic E-state index is -3.87. The molecular weight excluding hydrogens is 212 g/mol. The Morgan fingerprint density at radius 3 is 2.23 bits per heavy atom. The van der Waals surface area contributed by atoms with Gasteiger partial charge in [-0.1, -0.05) is 23.7 Å². The minimum Gasteiger partial charge on any atom is -0.286 e. The van der Waals surface area contributed by atoms with Gasteiger partial charge in [0.15, 0.2) is 0 Å². The van der Waals surface area contributed by atoms with Crippen LogP contribution in [0.3, 0.4) is 0 Å². The summed E-state index contributed by atoms with van der Waals surface area (Å²) in [5.74, 6) is -0.255. The van der Waals surface area contributed by atoms with E-state index in [-0.39, 0.29) is 5.75 Å². The van der Waals surface area contributed by atoms with Gasteiger partial charge in [-0.15, -0.1) is 0 Å². The third-order valence-electron chi connectivity index (χ3n) is 1.56. The lowest BCUT2D eigenvalue weighted by molar-refractivity contribution is 0.482. The van der Waals surface area contributed by atoms with Crippen molar-refractivity contribution in [3.63, 3.8) is 0 Å². The van der Waals surface area contributed by atoms with Crippen molar-refractivity contribution in [2.24, 2.45) is 0 Å². The van der Waals surface area contributed by atoms with E-state index >= 15 is 0 Å². The summed E-state index contributed by atoms with van der Waals surface area (Å²) in [6.45, 7) is 0. The lowest BCUT2D eigenvalue weighted by Crippen LogP contribution is -2.06. The summed E-state index contributed by atoms with van der Waals surface area (Å²) in [4.78, 5) is 0. The summed E-state index contributed by atoms with van der Waals surface area (Å²) in [5, 5.41) is 0.607. The molecule has 0 saturated carbocycles. The van der Waals surface area contributed by atoms with Crippen molar-refractivity contribution in [2.75, 3.05) is 5.75 Å². The van der Waals surface area contributed by atoms with Crippen molar-refractivity contribution in [2.45, 2.75) is 6.42 Å². The van der Waals surface area contributed by atoms with Gasteiger partial charge in [0, 0.05) is 5.02 Å². The molecule has 0 radical (unpaired) electrons. The lowest BCUT2D eigenvalue weighted by Gasteiger charge is -1.98. The van der Waals surface area contributed by atoms with Crippen LogP contribution in [0.25, 0.3) is 0 Å². The Morgan fingerprint density at radius 2 is 1.77 bits per heavy atom. The Morgan fingerprint density at radius 1 is 1.23 bits per heavy atom. The van der Waals surface area contributed by atoms with E-state index in [4.69, 9.17) is 16.2 Å². The average Bonchev–Trinajstić information content (AvgIpc) is 2.02. The van der Waals surface area contributed by atoms with E-state index in [1.165, 1.54) is 0 Å². The highest BCUT2D eigenvalue weighted by atomic mass is 35.5. The lowest BCUT2D eigenvalue weighted by atomic mass is 10.2. The second kappa shape index (κ2) is 4.09. The van der Waals surface area contributed by atoms with Crippen molar-refractivity contribution in [3.05, 3.63) is 34.9 Å². The Labute approximate surface area is 82.1 Å². The third kappa shape index (κ3) is 4.26. The second-order valence-corrected chi connectivity index (χ2v) is 4.67. The monoisotopic (exact) mass is 220 g/mol. The highest BCUT2D eigenvalue weighted by Gasteiger charge is 2.04. The third-order valence-corrected chi connectivity index (χ3v) is 2.53. The molecular formula is C8H9ClO3S. The fourth-order valence-corrected chi connectivity index (χ4v) is 1.52. The summed E-state index contributed by atoms with van der Waals surface area (Å²) < 4.78 is 29.3. The SMILES string of the molecule is O=S(=O)(O)CCc1ccc(Cl)cc1. The van der Waals surface area contributed by atoms with Gasteiger partial charge in [0.25, 0.3) is 10.1 Å². The maximum atomic E-state index is 10.4. The Balaban J connectivity index is 2.61. The maximum absolute atomic E-state index is 10.4. The summed E-state index contributed by atoms with van der Waals surface area (Å²) in [7, 11) is -3.87. The van der Waals surface area contributed by atoms with Crippen LogP contribution in [-0.2, 0) is 16.5 Å². The van der Waals surface area contributed by atoms with Crippen molar-refractivity contribution < 1.29 is 13.0 Å². The normalized spacial score (nSPS) is 11.5. The highest BCUT2D eigenvalue weighted by Crippen LogP contribution is 2.10. The number of aryl methyl sites for hydroxylation is 1. The van der Waals surface area contributed by atoms with Crippen LogP contribution in [0.15, 0.2) is 24.3 Å². The first-order valence-electron chi connectivity index (χ1n) is 3.67. The number of halogens is 1. The molecule has 3 nitrogen and oxygen atoms in total. The van der Waals surface area contributed by atoms with Crippen molar-refractivity contribution >= 4 is 21.7 Å². The van der Waals surface area contributed by atoms with Gasteiger partial charge in [0.2, 0.25) is 0 Å². The van der Waals surface area contributed by atoms with Gasteiger partial charge in [-0.25, -0.2) is 0 Å². The topological polar surface area (TPSA) is 54.4 Å². The smallest absolute Gasteiger partial charge is 0.265 e. The maximum Gasteiger partial charge on any atom is 0.265 e. The van der Waals surface area contributed by atoms with E-state index in [9.17, 15) is 8.42 Å². The summed E-state index contributed by atoms with van der Waals surface area (Å²) in [6.07, 6.45) is 0.302. The van der Waals surface area contributed by atoms with E-state index in [1.54, 1.807) is 24.3 Å². The highest BCUT2D eigenvalue weighted by molar-refractivity contribution is 7.85. The molecule has 1 rings (SSSR count). The number of benzene rings is 1. The first-order chi connectivity index (χ1) is 5.97. The van der Waals surface area contributed by atoms with Crippen LogP contribution in [0.1, 0.15) is 5.56 Å². The molecule has 0 aromatic heterocycles. The first-order valence-corrected chi connectivity index (χ1v) is 5.66. The Bertz CT molecular complexity index is 369. The molecule has 0 fully saturated rings. The molecule has 13 heavy (non-hydrogen) atoms. The fourth-order valence-electron chi connectivity index (χ4n) is 0.898. The molecule has 0 aliphatic carbocycles. The van der Waals surface area contributed by atoms with Gasteiger partial charge in [-0.2, -0.15) is 8.42 Å². The van der Waals surface area contributed by atoms with E-state index < -0.39 is 10.1 Å². The molecule has 0 aliphatic heterocycles. The molecule has 1 N–H and O–H groups in total. The molecule has 0 spiro atoms. The molecule has 1 aromatic rings. The zero-order valence-corrected chi connectivity index (χ0v) is 8.35. The first kappa shape index (κ1) is 10.5. The van der Waals surface area contributed by atoms with Gasteiger partial charge in [-0.05, 0) is 24.1 Å². The minimum absolute atomic E-state index is 0.255. The second-order valence-electron chi connectivity index (χ2n) is 2.66. The predicted molar refractivity (Wildman–Crippen MR) is 51.6 cm³/mol. The molecule has 0 amide bonds. The van der Waals surface area contributed by atoms with Crippen LogP contribution in [-0.4, -0.2) is 18.7 Å². The molecule has 0 bridgehead atoms. The standard InChI is InChI=1S/C8H9ClO3S/c9-8-3-1-7(2-4-8)5-6-13(10,11)12/h1-4H,5-6H2,(H,10,11,12). The molecule has 5 heteroatoms. The van der Waals surface area contributed by atoms with Crippen molar-refractivity contribution in [3.8, 4) is 0 Å². The predicted octanol–water partition coefficient (Wildman–Crippen LogP) is 1.77. The fraction of sp³-hybridized carbons (Fsp3) is 0.250. The van der Waals surface area contributed by atoms with Crippen LogP contribution in [0.4, 0.5) is 0 Å². The number of hydrogen-bond donors (Lipinski definition) is 1. The van der Waals surface area contributed by atoms with Crippen LogP contribution in [0, 0.1) is 0 Å². The average molecular weight is 221 g/mol. The van der Waals surface area contributed by atoms with Crippen LogP contribution in [0.2, 0.25) is 5.02 Å². The van der Waals surface area contributed by atoms with Crippen LogP contribution < -0.4 is 0 Å². The van der Waals surface area contributed by atoms with Gasteiger partial charge >= 0.3 is 0 Å². The molecule has 0 atom stereocenters. The van der Waals surface area contributed by atoms with Gasteiger partial charge in [-0.3, -0.25) is 4.55 Å². The molecule has 0 saturated heterocycles. The van der Waals surface area contributed by atoms with E-state index in [2.05, 4.69) is 0 Å². The van der Waals surface area contributed by atoms with Gasteiger partial charge in [0.1, 0.15) is 0 Å². The van der Waals surface area contributed by atoms with E-state index in [0.717, 1.165) is 5.56 Å². The largest absolute Gasteiger partial charge is 0.286 e. The van der Waals surface area contributed by atoms with E-state index in [1.807, 2.05) is 0 Å². The summed E-state index contributed by atoms with van der Waals surface area (Å²) in [5.41, 5.74) is 0.835. The Kier molecular flexibility index (Phi) is 3.30. The summed E-state index contributed by atoms with van der Waals surface area (Å²) in [6, 6.07) is 6.82. The number of hydrogen-bond acceptors (Lipinski definition) is 2. The molecule has 1 aromatic carbocycles. The summed E-state index contributed by atoms with van der Waals surface area (Å²) >= 11 is 5.63. The Hall–Kier alpha value is -0.580. The quantitative estimate of drug-likeness (QED) is 0.790. The molecule has 0 unspecified atom stereocenters. The van der Waals surface area contributed by atoms with Crippen LogP contribution >= 0.6 is 11.6 Å². The zero-order valence-electron chi connectivity index (χ0n) is 6.77. The molecule has 0 heterocycles. The van der Waals surface area contributed by atoms with E-state index in [0.29, 0.717) is 11.4 Å². The molecule has 0 aliphatic rings. The van der Waals surface area contributed by atoms with Crippen molar-refractivity contribution in [1.82, 2.24) is 0 Å². The zero-order chi connectivity index (χ0) is 9.90. The van der Waals surface area contributed by atoms with Gasteiger partial charge < -0.3 is 0 Å².